The second kappa shape index (κ2) is 7.72. The van der Waals surface area contributed by atoms with E-state index in [2.05, 4.69) is 17.4 Å². The number of esters is 1. The number of para-hydroxylation sites is 1. The maximum Gasteiger partial charge on any atom is 0.344 e. The van der Waals surface area contributed by atoms with Crippen LogP contribution in [0.25, 0.3) is 10.8 Å². The number of carbonyl (C=O) groups excluding carboxylic acids is 2. The van der Waals surface area contributed by atoms with Gasteiger partial charge in [-0.05, 0) is 23.9 Å². The fourth-order valence-corrected chi connectivity index (χ4v) is 3.72. The molecule has 142 valence electrons. The summed E-state index contributed by atoms with van der Waals surface area (Å²) >= 11 is 0. The van der Waals surface area contributed by atoms with Crippen molar-refractivity contribution in [2.24, 2.45) is 0 Å². The molecule has 1 aliphatic rings. The number of anilines is 1. The third-order valence-electron chi connectivity index (χ3n) is 4.94. The normalized spacial score (nSPS) is 15.6. The molecule has 0 spiro atoms. The second-order valence-corrected chi connectivity index (χ2v) is 6.69. The summed E-state index contributed by atoms with van der Waals surface area (Å²) < 4.78 is 10.7. The number of benzene rings is 3. The monoisotopic (exact) mass is 375 g/mol. The Morgan fingerprint density at radius 1 is 1.04 bits per heavy atom. The van der Waals surface area contributed by atoms with Gasteiger partial charge in [0.05, 0.1) is 12.3 Å². The predicted molar refractivity (Wildman–Crippen MR) is 108 cm³/mol. The number of ether oxygens (including phenoxy) is 2. The van der Waals surface area contributed by atoms with Crippen LogP contribution in [0.15, 0.2) is 60.7 Å². The van der Waals surface area contributed by atoms with Crippen molar-refractivity contribution in [1.82, 2.24) is 0 Å². The molecule has 0 unspecified atom stereocenters. The number of nitrogens with one attached hydrogen (secondary N) is 1. The first-order chi connectivity index (χ1) is 13.7. The summed E-state index contributed by atoms with van der Waals surface area (Å²) in [4.78, 5) is 24.2. The second-order valence-electron chi connectivity index (χ2n) is 6.69. The van der Waals surface area contributed by atoms with E-state index in [9.17, 15) is 9.59 Å². The lowest BCUT2D eigenvalue weighted by Gasteiger charge is -2.28. The molecule has 0 saturated heterocycles. The Kier molecular flexibility index (Phi) is 4.98. The van der Waals surface area contributed by atoms with Gasteiger partial charge in [-0.3, -0.25) is 4.79 Å². The first-order valence-corrected chi connectivity index (χ1v) is 9.36. The van der Waals surface area contributed by atoms with E-state index in [0.29, 0.717) is 18.8 Å². The summed E-state index contributed by atoms with van der Waals surface area (Å²) in [6.07, 6.45) is 0.325. The molecule has 4 rings (SSSR count). The average molecular weight is 375 g/mol. The molecular formula is C23H21NO4. The highest BCUT2D eigenvalue weighted by molar-refractivity contribution is 6.06. The molecule has 1 atom stereocenters. The fourth-order valence-electron chi connectivity index (χ4n) is 3.72. The summed E-state index contributed by atoms with van der Waals surface area (Å²) in [7, 11) is 0. The SMILES string of the molecule is CCOC(=O)COc1ccccc1[C@H]1CC(=O)Nc2c1ccc1ccccc21. The summed E-state index contributed by atoms with van der Waals surface area (Å²) in [5.41, 5.74) is 2.78. The topological polar surface area (TPSA) is 64.6 Å². The van der Waals surface area contributed by atoms with Crippen LogP contribution < -0.4 is 10.1 Å². The van der Waals surface area contributed by atoms with Crippen LogP contribution in [0.1, 0.15) is 30.4 Å². The molecule has 0 fully saturated rings. The molecule has 0 bridgehead atoms. The molecule has 1 amide bonds. The smallest absolute Gasteiger partial charge is 0.344 e. The van der Waals surface area contributed by atoms with E-state index in [1.165, 1.54) is 0 Å². The molecule has 1 N–H and O–H groups in total. The highest BCUT2D eigenvalue weighted by Gasteiger charge is 2.29. The summed E-state index contributed by atoms with van der Waals surface area (Å²) in [6, 6.07) is 19.7. The van der Waals surface area contributed by atoms with Crippen LogP contribution in [0, 0.1) is 0 Å². The molecule has 0 aromatic heterocycles. The van der Waals surface area contributed by atoms with Crippen LogP contribution in [0.2, 0.25) is 0 Å². The molecule has 3 aromatic carbocycles. The molecular weight excluding hydrogens is 354 g/mol. The van der Waals surface area contributed by atoms with Gasteiger partial charge in [0, 0.05) is 23.3 Å². The first-order valence-electron chi connectivity index (χ1n) is 9.36. The summed E-state index contributed by atoms with van der Waals surface area (Å²) in [6.45, 7) is 1.91. The van der Waals surface area contributed by atoms with Crippen molar-refractivity contribution in [2.45, 2.75) is 19.3 Å². The van der Waals surface area contributed by atoms with Crippen LogP contribution in [0.5, 0.6) is 5.75 Å². The Balaban J connectivity index is 1.74. The number of amides is 1. The van der Waals surface area contributed by atoms with Gasteiger partial charge in [0.15, 0.2) is 6.61 Å². The van der Waals surface area contributed by atoms with Crippen molar-refractivity contribution in [1.29, 1.82) is 0 Å². The third-order valence-corrected chi connectivity index (χ3v) is 4.94. The van der Waals surface area contributed by atoms with E-state index in [4.69, 9.17) is 9.47 Å². The molecule has 3 aromatic rings. The minimum absolute atomic E-state index is 0.0333. The fraction of sp³-hybridized carbons (Fsp3) is 0.217. The zero-order chi connectivity index (χ0) is 19.5. The molecule has 0 saturated carbocycles. The zero-order valence-corrected chi connectivity index (χ0v) is 15.6. The minimum atomic E-state index is -0.412. The minimum Gasteiger partial charge on any atom is -0.482 e. The van der Waals surface area contributed by atoms with E-state index in [-0.39, 0.29) is 18.4 Å². The van der Waals surface area contributed by atoms with Crippen LogP contribution in [-0.2, 0) is 14.3 Å². The number of hydrogen-bond acceptors (Lipinski definition) is 4. The standard InChI is InChI=1S/C23H21NO4/c1-2-27-22(26)14-28-20-10-6-5-9-17(20)19-13-21(25)24-23-16-8-4-3-7-15(16)11-12-18(19)23/h3-12,19H,2,13-14H2,1H3,(H,24,25)/t19-/m1/s1. The van der Waals surface area contributed by atoms with E-state index in [1.54, 1.807) is 6.92 Å². The van der Waals surface area contributed by atoms with Gasteiger partial charge in [-0.2, -0.15) is 0 Å². The van der Waals surface area contributed by atoms with Gasteiger partial charge >= 0.3 is 5.97 Å². The largest absolute Gasteiger partial charge is 0.482 e. The van der Waals surface area contributed by atoms with Gasteiger partial charge in [-0.25, -0.2) is 4.79 Å². The Hall–Kier alpha value is -3.34. The van der Waals surface area contributed by atoms with Crippen molar-refractivity contribution in [3.05, 3.63) is 71.8 Å². The molecule has 0 radical (unpaired) electrons. The molecule has 5 nitrogen and oxygen atoms in total. The van der Waals surface area contributed by atoms with Gasteiger partial charge < -0.3 is 14.8 Å². The zero-order valence-electron chi connectivity index (χ0n) is 15.6. The van der Waals surface area contributed by atoms with Crippen LogP contribution in [-0.4, -0.2) is 25.1 Å². The molecule has 5 heteroatoms. The Morgan fingerprint density at radius 3 is 2.68 bits per heavy atom. The maximum atomic E-state index is 12.5. The molecule has 0 aliphatic carbocycles. The van der Waals surface area contributed by atoms with Crippen molar-refractivity contribution in [3.63, 3.8) is 0 Å². The maximum absolute atomic E-state index is 12.5. The summed E-state index contributed by atoms with van der Waals surface area (Å²) in [5, 5.41) is 5.13. The van der Waals surface area contributed by atoms with Gasteiger partial charge in [-0.15, -0.1) is 0 Å². The van der Waals surface area contributed by atoms with Crippen LogP contribution >= 0.6 is 0 Å². The van der Waals surface area contributed by atoms with Gasteiger partial charge in [0.25, 0.3) is 0 Å². The molecule has 1 aliphatic heterocycles. The van der Waals surface area contributed by atoms with Crippen LogP contribution in [0.3, 0.4) is 0 Å². The number of hydrogen-bond donors (Lipinski definition) is 1. The highest BCUT2D eigenvalue weighted by Crippen LogP contribution is 2.43. The lowest BCUT2D eigenvalue weighted by atomic mass is 9.83. The number of carbonyl (C=O) groups is 2. The van der Waals surface area contributed by atoms with Crippen molar-refractivity contribution < 1.29 is 19.1 Å². The van der Waals surface area contributed by atoms with E-state index >= 15 is 0 Å². The third kappa shape index (κ3) is 3.43. The lowest BCUT2D eigenvalue weighted by molar-refractivity contribution is -0.145. The van der Waals surface area contributed by atoms with E-state index < -0.39 is 5.97 Å². The van der Waals surface area contributed by atoms with Crippen LogP contribution in [0.4, 0.5) is 5.69 Å². The van der Waals surface area contributed by atoms with Crippen molar-refractivity contribution in [2.75, 3.05) is 18.5 Å². The molecule has 1 heterocycles. The van der Waals surface area contributed by atoms with Gasteiger partial charge in [0.1, 0.15) is 5.75 Å². The van der Waals surface area contributed by atoms with Crippen molar-refractivity contribution >= 4 is 28.3 Å². The van der Waals surface area contributed by atoms with Gasteiger partial charge in [0.2, 0.25) is 5.91 Å². The lowest BCUT2D eigenvalue weighted by Crippen LogP contribution is -2.24. The van der Waals surface area contributed by atoms with Crippen molar-refractivity contribution in [3.8, 4) is 5.75 Å². The molecule has 28 heavy (non-hydrogen) atoms. The van der Waals surface area contributed by atoms with E-state index in [0.717, 1.165) is 27.6 Å². The first kappa shape index (κ1) is 18.0. The average Bonchev–Trinajstić information content (AvgIpc) is 2.72. The Labute approximate surface area is 163 Å². The highest BCUT2D eigenvalue weighted by atomic mass is 16.6. The summed E-state index contributed by atoms with van der Waals surface area (Å²) in [5.74, 6) is 0.000228. The number of rotatable bonds is 5. The predicted octanol–water partition coefficient (Wildman–Crippen LogP) is 4.26. The number of fused-ring (bicyclic) bond motifs is 3. The quantitative estimate of drug-likeness (QED) is 0.677. The van der Waals surface area contributed by atoms with Gasteiger partial charge in [-0.1, -0.05) is 54.6 Å². The Bertz CT molecular complexity index is 1040. The van der Waals surface area contributed by atoms with E-state index in [1.807, 2.05) is 48.5 Å². The Morgan fingerprint density at radius 2 is 1.82 bits per heavy atom.